The van der Waals surface area contributed by atoms with Gasteiger partial charge in [0.2, 0.25) is 11.8 Å². The van der Waals surface area contributed by atoms with Crippen LogP contribution in [0.25, 0.3) is 0 Å². The summed E-state index contributed by atoms with van der Waals surface area (Å²) in [6.07, 6.45) is 3.00. The van der Waals surface area contributed by atoms with Crippen LogP contribution < -0.4 is 16.4 Å². The third-order valence-electron chi connectivity index (χ3n) is 4.21. The standard InChI is InChI=1S/C20H31N3O4S/c1-13(2)11-16(22-18(24)15(21)9-10-28-3)19(25)23-17(20(26)27)12-14-7-5-4-6-8-14/h4-8,13,15-17H,9-12,21H2,1-3H3,(H,22,24)(H,23,25)(H,26,27)/t15-,16-,17+/m0/s1. The number of nitrogens with two attached hydrogens (primary N) is 1. The lowest BCUT2D eigenvalue weighted by Gasteiger charge is -2.24. The second kappa shape index (κ2) is 12.4. The summed E-state index contributed by atoms with van der Waals surface area (Å²) in [6, 6.07) is 6.47. The van der Waals surface area contributed by atoms with Crippen LogP contribution in [-0.2, 0) is 20.8 Å². The van der Waals surface area contributed by atoms with Crippen molar-refractivity contribution in [1.29, 1.82) is 0 Å². The van der Waals surface area contributed by atoms with E-state index >= 15 is 0 Å². The number of hydrogen-bond donors (Lipinski definition) is 4. The lowest BCUT2D eigenvalue weighted by Crippen LogP contribution is -2.55. The first-order chi connectivity index (χ1) is 13.2. The average Bonchev–Trinajstić information content (AvgIpc) is 2.65. The minimum Gasteiger partial charge on any atom is -0.480 e. The van der Waals surface area contributed by atoms with Crippen molar-refractivity contribution in [3.8, 4) is 0 Å². The van der Waals surface area contributed by atoms with Crippen LogP contribution in [-0.4, -0.2) is 53.0 Å². The number of nitrogens with one attached hydrogen (secondary N) is 2. The van der Waals surface area contributed by atoms with Gasteiger partial charge in [-0.2, -0.15) is 11.8 Å². The fraction of sp³-hybridized carbons (Fsp3) is 0.550. The number of rotatable bonds is 12. The fourth-order valence-electron chi connectivity index (χ4n) is 2.68. The van der Waals surface area contributed by atoms with Crippen molar-refractivity contribution in [3.05, 3.63) is 35.9 Å². The van der Waals surface area contributed by atoms with Gasteiger partial charge in [-0.15, -0.1) is 0 Å². The highest BCUT2D eigenvalue weighted by Crippen LogP contribution is 2.09. The molecule has 0 spiro atoms. The van der Waals surface area contributed by atoms with Crippen LogP contribution in [0.4, 0.5) is 0 Å². The van der Waals surface area contributed by atoms with Crippen LogP contribution in [0.2, 0.25) is 0 Å². The number of hydrogen-bond acceptors (Lipinski definition) is 5. The molecular formula is C20H31N3O4S. The predicted molar refractivity (Wildman–Crippen MR) is 112 cm³/mol. The highest BCUT2D eigenvalue weighted by atomic mass is 32.2. The molecule has 0 unspecified atom stereocenters. The first kappa shape index (κ1) is 24.0. The Morgan fingerprint density at radius 2 is 1.68 bits per heavy atom. The van der Waals surface area contributed by atoms with Crippen LogP contribution in [0.15, 0.2) is 30.3 Å². The van der Waals surface area contributed by atoms with E-state index in [1.807, 2.05) is 38.3 Å². The van der Waals surface area contributed by atoms with Gasteiger partial charge in [0.25, 0.3) is 0 Å². The number of carboxylic acids is 1. The molecule has 0 aliphatic heterocycles. The van der Waals surface area contributed by atoms with Gasteiger partial charge in [-0.3, -0.25) is 9.59 Å². The molecule has 0 heterocycles. The van der Waals surface area contributed by atoms with Gasteiger partial charge in [0.1, 0.15) is 12.1 Å². The van der Waals surface area contributed by atoms with Gasteiger partial charge in [0, 0.05) is 6.42 Å². The van der Waals surface area contributed by atoms with Crippen LogP contribution >= 0.6 is 11.8 Å². The minimum absolute atomic E-state index is 0.135. The maximum absolute atomic E-state index is 12.7. The summed E-state index contributed by atoms with van der Waals surface area (Å²) < 4.78 is 0. The molecule has 0 fully saturated rings. The zero-order valence-corrected chi connectivity index (χ0v) is 17.5. The largest absolute Gasteiger partial charge is 0.480 e. The number of aliphatic carboxylic acids is 1. The molecule has 1 aromatic rings. The molecule has 0 saturated carbocycles. The smallest absolute Gasteiger partial charge is 0.326 e. The van der Waals surface area contributed by atoms with Gasteiger partial charge >= 0.3 is 5.97 Å². The Hall–Kier alpha value is -2.06. The normalized spacial score (nSPS) is 14.2. The molecule has 0 aliphatic carbocycles. The summed E-state index contributed by atoms with van der Waals surface area (Å²) >= 11 is 1.59. The Labute approximate surface area is 170 Å². The first-order valence-electron chi connectivity index (χ1n) is 9.36. The van der Waals surface area contributed by atoms with Crippen LogP contribution in [0, 0.1) is 5.92 Å². The van der Waals surface area contributed by atoms with E-state index in [9.17, 15) is 19.5 Å². The van der Waals surface area contributed by atoms with E-state index in [0.717, 1.165) is 11.3 Å². The van der Waals surface area contributed by atoms with Gasteiger partial charge < -0.3 is 21.5 Å². The number of thioether (sulfide) groups is 1. The quantitative estimate of drug-likeness (QED) is 0.414. The van der Waals surface area contributed by atoms with Gasteiger partial charge in [0.05, 0.1) is 6.04 Å². The number of carboxylic acid groups (broad SMARTS) is 1. The summed E-state index contributed by atoms with van der Waals surface area (Å²) in [5.41, 5.74) is 6.69. The predicted octanol–water partition coefficient (Wildman–Crippen LogP) is 1.41. The molecule has 28 heavy (non-hydrogen) atoms. The van der Waals surface area contributed by atoms with Crippen molar-refractivity contribution in [3.63, 3.8) is 0 Å². The van der Waals surface area contributed by atoms with Crippen molar-refractivity contribution in [2.75, 3.05) is 12.0 Å². The molecule has 0 aliphatic rings. The summed E-state index contributed by atoms with van der Waals surface area (Å²) in [5, 5.41) is 14.7. The van der Waals surface area contributed by atoms with Crippen molar-refractivity contribution >= 4 is 29.5 Å². The fourth-order valence-corrected chi connectivity index (χ4v) is 3.17. The second-order valence-electron chi connectivity index (χ2n) is 7.17. The molecule has 7 nitrogen and oxygen atoms in total. The highest BCUT2D eigenvalue weighted by molar-refractivity contribution is 7.98. The molecule has 2 amide bonds. The third-order valence-corrected chi connectivity index (χ3v) is 4.85. The van der Waals surface area contributed by atoms with Crippen molar-refractivity contribution in [1.82, 2.24) is 10.6 Å². The molecule has 1 aromatic carbocycles. The Balaban J connectivity index is 2.80. The van der Waals surface area contributed by atoms with E-state index < -0.39 is 35.9 Å². The molecule has 156 valence electrons. The molecule has 0 radical (unpaired) electrons. The van der Waals surface area contributed by atoms with Gasteiger partial charge in [-0.1, -0.05) is 44.2 Å². The molecule has 0 saturated heterocycles. The zero-order chi connectivity index (χ0) is 21.1. The SMILES string of the molecule is CSCC[C@H](N)C(=O)N[C@@H](CC(C)C)C(=O)N[C@H](Cc1ccccc1)C(=O)O. The number of carbonyl (C=O) groups excluding carboxylic acids is 2. The van der Waals surface area contributed by atoms with E-state index in [2.05, 4.69) is 10.6 Å². The summed E-state index contributed by atoms with van der Waals surface area (Å²) in [7, 11) is 0. The van der Waals surface area contributed by atoms with E-state index in [4.69, 9.17) is 5.73 Å². The van der Waals surface area contributed by atoms with Crippen molar-refractivity contribution in [2.24, 2.45) is 11.7 Å². The van der Waals surface area contributed by atoms with E-state index in [-0.39, 0.29) is 12.3 Å². The molecule has 5 N–H and O–H groups in total. The average molecular weight is 410 g/mol. The lowest BCUT2D eigenvalue weighted by atomic mass is 10.0. The van der Waals surface area contributed by atoms with E-state index in [0.29, 0.717) is 12.8 Å². The number of carbonyl (C=O) groups is 3. The van der Waals surface area contributed by atoms with Crippen LogP contribution in [0.3, 0.4) is 0 Å². The highest BCUT2D eigenvalue weighted by Gasteiger charge is 2.28. The maximum atomic E-state index is 12.7. The van der Waals surface area contributed by atoms with E-state index in [1.54, 1.807) is 23.9 Å². The Bertz CT molecular complexity index is 640. The Morgan fingerprint density at radius 1 is 1.07 bits per heavy atom. The molecule has 0 bridgehead atoms. The van der Waals surface area contributed by atoms with Gasteiger partial charge in [0.15, 0.2) is 0 Å². The Morgan fingerprint density at radius 3 is 2.21 bits per heavy atom. The summed E-state index contributed by atoms with van der Waals surface area (Å²) in [6.45, 7) is 3.86. The molecule has 3 atom stereocenters. The van der Waals surface area contributed by atoms with Crippen molar-refractivity contribution in [2.45, 2.75) is 51.2 Å². The van der Waals surface area contributed by atoms with Gasteiger partial charge in [-0.25, -0.2) is 4.79 Å². The maximum Gasteiger partial charge on any atom is 0.326 e. The summed E-state index contributed by atoms with van der Waals surface area (Å²) in [5.74, 6) is -1.15. The number of benzene rings is 1. The summed E-state index contributed by atoms with van der Waals surface area (Å²) in [4.78, 5) is 36.6. The lowest BCUT2D eigenvalue weighted by molar-refractivity contribution is -0.142. The van der Waals surface area contributed by atoms with Crippen LogP contribution in [0.1, 0.15) is 32.3 Å². The minimum atomic E-state index is -1.12. The first-order valence-corrected chi connectivity index (χ1v) is 10.8. The topological polar surface area (TPSA) is 122 Å². The van der Waals surface area contributed by atoms with Crippen LogP contribution in [0.5, 0.6) is 0 Å². The number of amides is 2. The zero-order valence-electron chi connectivity index (χ0n) is 16.7. The molecular weight excluding hydrogens is 378 g/mol. The van der Waals surface area contributed by atoms with E-state index in [1.165, 1.54) is 0 Å². The monoisotopic (exact) mass is 409 g/mol. The second-order valence-corrected chi connectivity index (χ2v) is 8.15. The van der Waals surface area contributed by atoms with Crippen molar-refractivity contribution < 1.29 is 19.5 Å². The third kappa shape index (κ3) is 8.75. The van der Waals surface area contributed by atoms with Gasteiger partial charge in [-0.05, 0) is 36.3 Å². The molecule has 8 heteroatoms. The molecule has 0 aromatic heterocycles. The Kier molecular flexibility index (Phi) is 10.6. The molecule has 1 rings (SSSR count).